The molecule has 2 N–H and O–H groups in total. The maximum absolute atomic E-state index is 6.19. The molecule has 1 unspecified atom stereocenters. The summed E-state index contributed by atoms with van der Waals surface area (Å²) in [6, 6.07) is 5.80. The second-order valence-electron chi connectivity index (χ2n) is 4.27. The zero-order valence-corrected chi connectivity index (χ0v) is 11.0. The van der Waals surface area contributed by atoms with Gasteiger partial charge in [0.15, 0.2) is 5.58 Å². The van der Waals surface area contributed by atoms with E-state index in [1.54, 1.807) is 0 Å². The molecule has 86 valence electrons. The Balaban J connectivity index is 2.51. The number of fused-ring (bicyclic) bond motifs is 1. The minimum absolute atomic E-state index is 0.493. The van der Waals surface area contributed by atoms with Crippen molar-refractivity contribution in [2.45, 2.75) is 32.2 Å². The summed E-state index contributed by atoms with van der Waals surface area (Å²) in [5.74, 6) is 0.608. The third kappa shape index (κ3) is 1.99. The van der Waals surface area contributed by atoms with Gasteiger partial charge in [-0.25, -0.2) is 4.98 Å². The predicted molar refractivity (Wildman–Crippen MR) is 68.2 cm³/mol. The minimum atomic E-state index is -0.493. The largest absolute Gasteiger partial charge is 0.437 e. The van der Waals surface area contributed by atoms with Crippen molar-refractivity contribution in [2.24, 2.45) is 5.73 Å². The van der Waals surface area contributed by atoms with E-state index in [2.05, 4.69) is 27.8 Å². The van der Waals surface area contributed by atoms with E-state index in [4.69, 9.17) is 10.2 Å². The minimum Gasteiger partial charge on any atom is -0.437 e. The van der Waals surface area contributed by atoms with Crippen LogP contribution < -0.4 is 5.73 Å². The van der Waals surface area contributed by atoms with Crippen LogP contribution in [-0.2, 0) is 5.54 Å². The van der Waals surface area contributed by atoms with Gasteiger partial charge in [0.1, 0.15) is 5.52 Å². The van der Waals surface area contributed by atoms with Crippen LogP contribution in [0.25, 0.3) is 11.1 Å². The molecule has 0 bridgehead atoms. The lowest BCUT2D eigenvalue weighted by atomic mass is 9.98. The molecule has 1 aromatic heterocycles. The molecule has 1 atom stereocenters. The molecule has 0 aliphatic carbocycles. The highest BCUT2D eigenvalue weighted by molar-refractivity contribution is 9.10. The molecule has 0 saturated heterocycles. The second-order valence-corrected chi connectivity index (χ2v) is 5.13. The fourth-order valence-electron chi connectivity index (χ4n) is 1.79. The quantitative estimate of drug-likeness (QED) is 0.937. The Kier molecular flexibility index (Phi) is 3.04. The van der Waals surface area contributed by atoms with Gasteiger partial charge in [-0.3, -0.25) is 0 Å². The summed E-state index contributed by atoms with van der Waals surface area (Å²) < 4.78 is 6.65. The van der Waals surface area contributed by atoms with Crippen molar-refractivity contribution in [3.05, 3.63) is 28.6 Å². The van der Waals surface area contributed by atoms with Crippen LogP contribution in [0.4, 0.5) is 0 Å². The van der Waals surface area contributed by atoms with Gasteiger partial charge in [-0.05, 0) is 41.4 Å². The van der Waals surface area contributed by atoms with Crippen molar-refractivity contribution in [1.82, 2.24) is 4.98 Å². The number of halogens is 1. The molecular formula is C12H15BrN2O. The lowest BCUT2D eigenvalue weighted by Crippen LogP contribution is -2.33. The van der Waals surface area contributed by atoms with Gasteiger partial charge >= 0.3 is 0 Å². The Hall–Kier alpha value is -0.870. The van der Waals surface area contributed by atoms with Gasteiger partial charge in [0, 0.05) is 0 Å². The van der Waals surface area contributed by atoms with Crippen molar-refractivity contribution in [1.29, 1.82) is 0 Å². The van der Waals surface area contributed by atoms with Crippen LogP contribution in [0.3, 0.4) is 0 Å². The fraction of sp³-hybridized carbons (Fsp3) is 0.417. The molecule has 0 fully saturated rings. The Labute approximate surface area is 103 Å². The molecule has 1 heterocycles. The monoisotopic (exact) mass is 282 g/mol. The van der Waals surface area contributed by atoms with Crippen molar-refractivity contribution >= 4 is 27.0 Å². The number of nitrogens with zero attached hydrogens (tertiary/aromatic N) is 1. The van der Waals surface area contributed by atoms with Crippen LogP contribution in [0.5, 0.6) is 0 Å². The fourth-order valence-corrected chi connectivity index (χ4v) is 2.22. The zero-order chi connectivity index (χ0) is 11.8. The molecule has 0 saturated carbocycles. The molecule has 0 spiro atoms. The molecule has 4 heteroatoms. The third-order valence-electron chi connectivity index (χ3n) is 2.62. The third-order valence-corrected chi connectivity index (χ3v) is 3.25. The van der Waals surface area contributed by atoms with Crippen LogP contribution in [0.1, 0.15) is 32.6 Å². The lowest BCUT2D eigenvalue weighted by molar-refractivity contribution is 0.342. The number of para-hydroxylation sites is 1. The first-order valence-electron chi connectivity index (χ1n) is 5.39. The normalized spacial score (nSPS) is 15.2. The first-order valence-corrected chi connectivity index (χ1v) is 6.18. The maximum atomic E-state index is 6.19. The van der Waals surface area contributed by atoms with Gasteiger partial charge < -0.3 is 10.2 Å². The van der Waals surface area contributed by atoms with E-state index < -0.39 is 5.54 Å². The number of hydrogen-bond donors (Lipinski definition) is 1. The number of oxazole rings is 1. The molecule has 2 rings (SSSR count). The van der Waals surface area contributed by atoms with E-state index in [0.29, 0.717) is 5.89 Å². The van der Waals surface area contributed by atoms with Crippen LogP contribution in [0, 0.1) is 0 Å². The summed E-state index contributed by atoms with van der Waals surface area (Å²) in [7, 11) is 0. The molecule has 16 heavy (non-hydrogen) atoms. The highest BCUT2D eigenvalue weighted by Gasteiger charge is 2.26. The van der Waals surface area contributed by atoms with E-state index in [1.165, 1.54) is 0 Å². The number of hydrogen-bond acceptors (Lipinski definition) is 3. The van der Waals surface area contributed by atoms with Crippen LogP contribution in [0.2, 0.25) is 0 Å². The Morgan fingerprint density at radius 3 is 2.88 bits per heavy atom. The molecule has 2 aromatic rings. The van der Waals surface area contributed by atoms with Crippen molar-refractivity contribution < 1.29 is 4.42 Å². The summed E-state index contributed by atoms with van der Waals surface area (Å²) >= 11 is 3.44. The molecule has 1 aromatic carbocycles. The Morgan fingerprint density at radius 1 is 1.50 bits per heavy atom. The Bertz CT molecular complexity index is 505. The number of aromatic nitrogens is 1. The summed E-state index contributed by atoms with van der Waals surface area (Å²) in [6.07, 6.45) is 1.87. The Morgan fingerprint density at radius 2 is 2.25 bits per heavy atom. The number of rotatable bonds is 3. The van der Waals surface area contributed by atoms with E-state index >= 15 is 0 Å². The highest BCUT2D eigenvalue weighted by atomic mass is 79.9. The van der Waals surface area contributed by atoms with Crippen molar-refractivity contribution in [2.75, 3.05) is 0 Å². The second kappa shape index (κ2) is 4.18. The highest BCUT2D eigenvalue weighted by Crippen LogP contribution is 2.30. The summed E-state index contributed by atoms with van der Waals surface area (Å²) in [5, 5.41) is 0. The molecule has 0 aliphatic heterocycles. The number of nitrogens with two attached hydrogens (primary N) is 1. The molecule has 0 amide bonds. The molecule has 3 nitrogen and oxygen atoms in total. The van der Waals surface area contributed by atoms with Crippen LogP contribution in [-0.4, -0.2) is 4.98 Å². The van der Waals surface area contributed by atoms with E-state index in [0.717, 1.165) is 28.4 Å². The predicted octanol–water partition coefficient (Wildman–Crippen LogP) is 3.56. The van der Waals surface area contributed by atoms with Crippen LogP contribution >= 0.6 is 15.9 Å². The van der Waals surface area contributed by atoms with Crippen molar-refractivity contribution in [3.63, 3.8) is 0 Å². The number of benzene rings is 1. The average Bonchev–Trinajstić information content (AvgIpc) is 2.63. The zero-order valence-electron chi connectivity index (χ0n) is 9.46. The van der Waals surface area contributed by atoms with E-state index in [9.17, 15) is 0 Å². The van der Waals surface area contributed by atoms with E-state index in [1.807, 2.05) is 25.1 Å². The van der Waals surface area contributed by atoms with Crippen molar-refractivity contribution in [3.8, 4) is 0 Å². The van der Waals surface area contributed by atoms with Gasteiger partial charge in [0.25, 0.3) is 0 Å². The summed E-state index contributed by atoms with van der Waals surface area (Å²) in [5.41, 5.74) is 7.31. The van der Waals surface area contributed by atoms with Gasteiger partial charge in [0.05, 0.1) is 10.0 Å². The van der Waals surface area contributed by atoms with Gasteiger partial charge in [0.2, 0.25) is 5.89 Å². The molecular weight excluding hydrogens is 268 g/mol. The summed E-state index contributed by atoms with van der Waals surface area (Å²) in [6.45, 7) is 4.05. The molecule has 0 radical (unpaired) electrons. The van der Waals surface area contributed by atoms with E-state index in [-0.39, 0.29) is 0 Å². The SMILES string of the molecule is CCCC(C)(N)c1nc2cccc(Br)c2o1. The summed E-state index contributed by atoms with van der Waals surface area (Å²) in [4.78, 5) is 4.44. The standard InChI is InChI=1S/C12H15BrN2O/c1-3-7-12(2,14)11-15-9-6-4-5-8(13)10(9)16-11/h4-6H,3,7,14H2,1-2H3. The van der Waals surface area contributed by atoms with Crippen LogP contribution in [0.15, 0.2) is 27.1 Å². The average molecular weight is 283 g/mol. The smallest absolute Gasteiger partial charge is 0.215 e. The topological polar surface area (TPSA) is 52.0 Å². The van der Waals surface area contributed by atoms with Gasteiger partial charge in [-0.1, -0.05) is 19.4 Å². The first kappa shape index (κ1) is 11.6. The first-order chi connectivity index (χ1) is 7.54. The van der Waals surface area contributed by atoms with Gasteiger partial charge in [-0.2, -0.15) is 0 Å². The molecule has 0 aliphatic rings. The van der Waals surface area contributed by atoms with Gasteiger partial charge in [-0.15, -0.1) is 0 Å². The lowest BCUT2D eigenvalue weighted by Gasteiger charge is -2.19. The maximum Gasteiger partial charge on any atom is 0.215 e.